The number of benzene rings is 1. The SMILES string of the molecule is COCC(C)N1CC(O)=C(c2nc3ccccc3[nH]2)C1=N. The van der Waals surface area contributed by atoms with Crippen LogP contribution in [0.3, 0.4) is 0 Å². The summed E-state index contributed by atoms with van der Waals surface area (Å²) in [5.74, 6) is 0.976. The number of aliphatic hydroxyl groups excluding tert-OH is 1. The van der Waals surface area contributed by atoms with E-state index < -0.39 is 0 Å². The monoisotopic (exact) mass is 286 g/mol. The Kier molecular flexibility index (Phi) is 3.39. The smallest absolute Gasteiger partial charge is 0.145 e. The van der Waals surface area contributed by atoms with Gasteiger partial charge < -0.3 is 19.7 Å². The van der Waals surface area contributed by atoms with Gasteiger partial charge in [0.1, 0.15) is 17.4 Å². The van der Waals surface area contributed by atoms with Crippen LogP contribution in [-0.4, -0.2) is 52.1 Å². The van der Waals surface area contributed by atoms with Crippen LogP contribution in [0.15, 0.2) is 30.0 Å². The van der Waals surface area contributed by atoms with Gasteiger partial charge in [-0.2, -0.15) is 0 Å². The van der Waals surface area contributed by atoms with Crippen molar-refractivity contribution in [1.82, 2.24) is 14.9 Å². The van der Waals surface area contributed by atoms with Crippen LogP contribution in [0.4, 0.5) is 0 Å². The van der Waals surface area contributed by atoms with Gasteiger partial charge in [-0.25, -0.2) is 4.98 Å². The number of fused-ring (bicyclic) bond motifs is 1. The Morgan fingerprint density at radius 1 is 1.48 bits per heavy atom. The maximum absolute atomic E-state index is 10.2. The van der Waals surface area contributed by atoms with Gasteiger partial charge >= 0.3 is 0 Å². The van der Waals surface area contributed by atoms with E-state index in [0.29, 0.717) is 24.5 Å². The van der Waals surface area contributed by atoms with Crippen LogP contribution in [0.5, 0.6) is 0 Å². The summed E-state index contributed by atoms with van der Waals surface area (Å²) in [4.78, 5) is 9.43. The summed E-state index contributed by atoms with van der Waals surface area (Å²) >= 11 is 0. The average Bonchev–Trinajstić information content (AvgIpc) is 2.99. The van der Waals surface area contributed by atoms with Crippen molar-refractivity contribution < 1.29 is 9.84 Å². The molecule has 110 valence electrons. The largest absolute Gasteiger partial charge is 0.510 e. The van der Waals surface area contributed by atoms with Crippen molar-refractivity contribution >= 4 is 22.4 Å². The van der Waals surface area contributed by atoms with Crippen LogP contribution in [-0.2, 0) is 4.74 Å². The molecule has 0 radical (unpaired) electrons. The number of ether oxygens (including phenoxy) is 1. The summed E-state index contributed by atoms with van der Waals surface area (Å²) in [5.41, 5.74) is 2.18. The number of aromatic nitrogens is 2. The first-order chi connectivity index (χ1) is 10.1. The molecule has 0 saturated heterocycles. The molecule has 0 bridgehead atoms. The second kappa shape index (κ2) is 5.21. The Labute approximate surface area is 122 Å². The number of imidazole rings is 1. The standard InChI is InChI=1S/C15H18N4O2/c1-9(8-21-2)19-7-12(20)13(14(19)16)15-17-10-5-3-4-6-11(10)18-15/h3-6,9,16,20H,7-8H2,1-2H3,(H,17,18). The fraction of sp³-hybridized carbons (Fsp3) is 0.333. The van der Waals surface area contributed by atoms with Gasteiger partial charge in [0, 0.05) is 7.11 Å². The summed E-state index contributed by atoms with van der Waals surface area (Å²) < 4.78 is 5.13. The molecule has 0 aliphatic carbocycles. The molecule has 0 fully saturated rings. The topological polar surface area (TPSA) is 85.2 Å². The number of nitrogens with one attached hydrogen (secondary N) is 2. The number of nitrogens with zero attached hydrogens (tertiary/aromatic N) is 2. The average molecular weight is 286 g/mol. The van der Waals surface area contributed by atoms with Crippen LogP contribution in [0.1, 0.15) is 12.7 Å². The van der Waals surface area contributed by atoms with Crippen LogP contribution in [0.2, 0.25) is 0 Å². The number of methoxy groups -OCH3 is 1. The molecule has 0 spiro atoms. The van der Waals surface area contributed by atoms with Gasteiger partial charge in [-0.3, -0.25) is 5.41 Å². The Morgan fingerprint density at radius 2 is 2.24 bits per heavy atom. The van der Waals surface area contributed by atoms with Crippen molar-refractivity contribution in [1.29, 1.82) is 5.41 Å². The molecule has 2 heterocycles. The van der Waals surface area contributed by atoms with Gasteiger partial charge in [0.25, 0.3) is 0 Å². The molecule has 21 heavy (non-hydrogen) atoms. The molecule has 1 aromatic carbocycles. The first kappa shape index (κ1) is 13.6. The highest BCUT2D eigenvalue weighted by Gasteiger charge is 2.32. The maximum Gasteiger partial charge on any atom is 0.145 e. The lowest BCUT2D eigenvalue weighted by atomic mass is 10.2. The molecule has 1 aliphatic rings. The molecule has 1 aromatic heterocycles. The highest BCUT2D eigenvalue weighted by atomic mass is 16.5. The van der Waals surface area contributed by atoms with E-state index in [-0.39, 0.29) is 17.6 Å². The number of aromatic amines is 1. The number of para-hydroxylation sites is 2. The molecule has 6 heteroatoms. The molecule has 3 N–H and O–H groups in total. The summed E-state index contributed by atoms with van der Waals surface area (Å²) in [6.07, 6.45) is 0. The number of rotatable bonds is 4. The third kappa shape index (κ3) is 2.27. The van der Waals surface area contributed by atoms with Crippen molar-refractivity contribution in [2.45, 2.75) is 13.0 Å². The summed E-state index contributed by atoms with van der Waals surface area (Å²) in [5, 5.41) is 18.5. The predicted octanol–water partition coefficient (Wildman–Crippen LogP) is 2.16. The van der Waals surface area contributed by atoms with E-state index in [0.717, 1.165) is 11.0 Å². The Hall–Kier alpha value is -2.34. The molecule has 2 aromatic rings. The molecule has 0 saturated carbocycles. The minimum absolute atomic E-state index is 0.0199. The zero-order chi connectivity index (χ0) is 15.0. The minimum Gasteiger partial charge on any atom is -0.510 e. The highest BCUT2D eigenvalue weighted by molar-refractivity contribution is 6.23. The van der Waals surface area contributed by atoms with Gasteiger partial charge in [-0.05, 0) is 19.1 Å². The third-order valence-electron chi connectivity index (χ3n) is 3.70. The molecular weight excluding hydrogens is 268 g/mol. The fourth-order valence-electron chi connectivity index (χ4n) is 2.63. The number of H-pyrrole nitrogens is 1. The Morgan fingerprint density at radius 3 is 2.95 bits per heavy atom. The molecule has 1 aliphatic heterocycles. The van der Waals surface area contributed by atoms with E-state index in [2.05, 4.69) is 9.97 Å². The lowest BCUT2D eigenvalue weighted by Gasteiger charge is -2.25. The maximum atomic E-state index is 10.2. The number of hydrogen-bond donors (Lipinski definition) is 3. The molecule has 3 rings (SSSR count). The van der Waals surface area contributed by atoms with Crippen LogP contribution < -0.4 is 0 Å². The minimum atomic E-state index is 0.0199. The van der Waals surface area contributed by atoms with E-state index in [1.165, 1.54) is 0 Å². The lowest BCUT2D eigenvalue weighted by molar-refractivity contribution is 0.137. The fourth-order valence-corrected chi connectivity index (χ4v) is 2.63. The second-order valence-corrected chi connectivity index (χ2v) is 5.21. The molecule has 6 nitrogen and oxygen atoms in total. The Bertz CT molecular complexity index is 686. The van der Waals surface area contributed by atoms with Crippen LogP contribution >= 0.6 is 0 Å². The summed E-state index contributed by atoms with van der Waals surface area (Å²) in [6, 6.07) is 7.68. The van der Waals surface area contributed by atoms with Gasteiger partial charge in [-0.15, -0.1) is 0 Å². The van der Waals surface area contributed by atoms with E-state index in [9.17, 15) is 5.11 Å². The number of hydrogen-bond acceptors (Lipinski definition) is 4. The lowest BCUT2D eigenvalue weighted by Crippen LogP contribution is -2.38. The van der Waals surface area contributed by atoms with Gasteiger partial charge in [0.2, 0.25) is 0 Å². The molecule has 0 amide bonds. The first-order valence-corrected chi connectivity index (χ1v) is 6.83. The summed E-state index contributed by atoms with van der Waals surface area (Å²) in [7, 11) is 1.63. The molecule has 1 atom stereocenters. The van der Waals surface area contributed by atoms with Crippen molar-refractivity contribution in [3.63, 3.8) is 0 Å². The second-order valence-electron chi connectivity index (χ2n) is 5.21. The van der Waals surface area contributed by atoms with Crippen LogP contribution in [0, 0.1) is 5.41 Å². The number of aliphatic hydroxyl groups is 1. The molecular formula is C15H18N4O2. The van der Waals surface area contributed by atoms with Gasteiger partial charge in [0.15, 0.2) is 0 Å². The predicted molar refractivity (Wildman–Crippen MR) is 81.4 cm³/mol. The van der Waals surface area contributed by atoms with E-state index in [1.54, 1.807) is 12.0 Å². The molecule has 1 unspecified atom stereocenters. The van der Waals surface area contributed by atoms with Gasteiger partial charge in [0.05, 0.1) is 35.8 Å². The quantitative estimate of drug-likeness (QED) is 0.804. The first-order valence-electron chi connectivity index (χ1n) is 6.83. The van der Waals surface area contributed by atoms with Gasteiger partial charge in [-0.1, -0.05) is 12.1 Å². The zero-order valence-corrected chi connectivity index (χ0v) is 12.1. The number of amidine groups is 1. The van der Waals surface area contributed by atoms with Crippen molar-refractivity contribution in [3.05, 3.63) is 35.8 Å². The zero-order valence-electron chi connectivity index (χ0n) is 12.1. The highest BCUT2D eigenvalue weighted by Crippen LogP contribution is 2.28. The summed E-state index contributed by atoms with van der Waals surface area (Å²) in [6.45, 7) is 2.78. The Balaban J connectivity index is 1.94. The van der Waals surface area contributed by atoms with Crippen molar-refractivity contribution in [2.75, 3.05) is 20.3 Å². The third-order valence-corrected chi connectivity index (χ3v) is 3.70. The van der Waals surface area contributed by atoms with Crippen molar-refractivity contribution in [2.24, 2.45) is 0 Å². The van der Waals surface area contributed by atoms with Crippen LogP contribution in [0.25, 0.3) is 16.6 Å². The normalized spacial score (nSPS) is 17.0. The van der Waals surface area contributed by atoms with E-state index in [4.69, 9.17) is 10.1 Å². The van der Waals surface area contributed by atoms with Crippen molar-refractivity contribution in [3.8, 4) is 0 Å². The van der Waals surface area contributed by atoms with E-state index in [1.807, 2.05) is 31.2 Å². The van der Waals surface area contributed by atoms with E-state index >= 15 is 0 Å².